The van der Waals surface area contributed by atoms with Crippen molar-refractivity contribution in [3.63, 3.8) is 0 Å². The number of hydrogen-bond donors (Lipinski definition) is 3. The van der Waals surface area contributed by atoms with Gasteiger partial charge in [0.25, 0.3) is 11.8 Å². The molecular formula is C23H33N5O2. The molecule has 7 heteroatoms. The number of rotatable bonds is 11. The Balaban J connectivity index is 1.89. The first-order valence-corrected chi connectivity index (χ1v) is 10.5. The van der Waals surface area contributed by atoms with Gasteiger partial charge in [0.05, 0.1) is 17.0 Å². The zero-order valence-electron chi connectivity index (χ0n) is 18.0. The molecule has 1 aromatic heterocycles. The van der Waals surface area contributed by atoms with Gasteiger partial charge in [-0.05, 0) is 44.1 Å². The number of nitrogens with zero attached hydrogens (tertiary/aromatic N) is 2. The molecule has 0 aliphatic carbocycles. The summed E-state index contributed by atoms with van der Waals surface area (Å²) in [6.45, 7) is 13.3. The Labute approximate surface area is 179 Å². The Morgan fingerprint density at radius 3 is 2.63 bits per heavy atom. The van der Waals surface area contributed by atoms with Gasteiger partial charge in [0, 0.05) is 31.4 Å². The van der Waals surface area contributed by atoms with Gasteiger partial charge in [0.15, 0.2) is 0 Å². The fourth-order valence-corrected chi connectivity index (χ4v) is 3.44. The molecule has 0 aromatic carbocycles. The lowest BCUT2D eigenvalue weighted by Crippen LogP contribution is -2.56. The average Bonchev–Trinajstić information content (AvgIpc) is 2.74. The van der Waals surface area contributed by atoms with E-state index in [-0.39, 0.29) is 11.6 Å². The van der Waals surface area contributed by atoms with Crippen molar-refractivity contribution in [3.8, 4) is 0 Å². The van der Waals surface area contributed by atoms with Crippen LogP contribution in [0.2, 0.25) is 0 Å². The first-order chi connectivity index (χ1) is 14.4. The fraction of sp³-hybridized carbons (Fsp3) is 0.435. The fourth-order valence-electron chi connectivity index (χ4n) is 3.44. The number of nitrogens with one attached hydrogen (secondary N) is 2. The average molecular weight is 412 g/mol. The van der Waals surface area contributed by atoms with E-state index in [0.717, 1.165) is 13.0 Å². The van der Waals surface area contributed by atoms with E-state index in [4.69, 9.17) is 5.73 Å². The summed E-state index contributed by atoms with van der Waals surface area (Å²) in [4.78, 5) is 31.3. The Bertz CT molecular complexity index is 800. The highest BCUT2D eigenvalue weighted by Crippen LogP contribution is 2.22. The summed E-state index contributed by atoms with van der Waals surface area (Å²) in [6.07, 6.45) is 8.98. The SMILES string of the molecule is C=C/C(N)=C(\C=C)NC(=O)c1ccc(C(=O)NCC2CCN2C(C)CCCC)cn1. The third-order valence-corrected chi connectivity index (χ3v) is 5.47. The van der Waals surface area contributed by atoms with Gasteiger partial charge in [0.2, 0.25) is 0 Å². The van der Waals surface area contributed by atoms with E-state index in [9.17, 15) is 9.59 Å². The lowest BCUT2D eigenvalue weighted by molar-refractivity contribution is 0.0428. The largest absolute Gasteiger partial charge is 0.397 e. The van der Waals surface area contributed by atoms with Gasteiger partial charge in [-0.3, -0.25) is 19.5 Å². The van der Waals surface area contributed by atoms with Crippen molar-refractivity contribution < 1.29 is 9.59 Å². The zero-order valence-corrected chi connectivity index (χ0v) is 18.0. The van der Waals surface area contributed by atoms with E-state index in [1.165, 1.54) is 43.7 Å². The third-order valence-electron chi connectivity index (χ3n) is 5.47. The minimum Gasteiger partial charge on any atom is -0.397 e. The van der Waals surface area contributed by atoms with E-state index in [1.54, 1.807) is 6.07 Å². The summed E-state index contributed by atoms with van der Waals surface area (Å²) < 4.78 is 0. The summed E-state index contributed by atoms with van der Waals surface area (Å²) in [6, 6.07) is 4.04. The number of amides is 2. The third kappa shape index (κ3) is 6.03. The number of allylic oxidation sites excluding steroid dienone is 2. The Hall–Kier alpha value is -2.93. The van der Waals surface area contributed by atoms with Crippen LogP contribution in [0.4, 0.5) is 0 Å². The van der Waals surface area contributed by atoms with Crippen molar-refractivity contribution in [2.75, 3.05) is 13.1 Å². The molecule has 7 nitrogen and oxygen atoms in total. The predicted octanol–water partition coefficient (Wildman–Crippen LogP) is 2.74. The maximum Gasteiger partial charge on any atom is 0.274 e. The van der Waals surface area contributed by atoms with Crippen LogP contribution in [0.5, 0.6) is 0 Å². The van der Waals surface area contributed by atoms with E-state index >= 15 is 0 Å². The standard InChI is InChI=1S/C23H33N5O2/c1-5-8-9-16(4)28-13-12-18(28)15-26-22(29)17-10-11-21(25-14-17)23(30)27-20(7-3)19(24)6-2/h6-7,10-11,14,16,18H,2-3,5,8-9,12-13,15,24H2,1,4H3,(H,26,29)(H,27,30)/b20-19-. The van der Waals surface area contributed by atoms with Gasteiger partial charge < -0.3 is 16.4 Å². The molecule has 1 saturated heterocycles. The van der Waals surface area contributed by atoms with Crippen molar-refractivity contribution >= 4 is 11.8 Å². The molecular weight excluding hydrogens is 378 g/mol. The molecule has 162 valence electrons. The molecule has 2 rings (SSSR count). The number of likely N-dealkylation sites (tertiary alicyclic amines) is 1. The summed E-state index contributed by atoms with van der Waals surface area (Å²) in [7, 11) is 0. The van der Waals surface area contributed by atoms with Crippen molar-refractivity contribution in [2.45, 2.75) is 51.6 Å². The van der Waals surface area contributed by atoms with E-state index < -0.39 is 5.91 Å². The highest BCUT2D eigenvalue weighted by Gasteiger charge is 2.31. The summed E-state index contributed by atoms with van der Waals surface area (Å²) in [5.74, 6) is -0.627. The van der Waals surface area contributed by atoms with E-state index in [1.807, 2.05) is 0 Å². The number of hydrogen-bond acceptors (Lipinski definition) is 5. The molecule has 0 bridgehead atoms. The minimum absolute atomic E-state index is 0.178. The van der Waals surface area contributed by atoms with Crippen LogP contribution in [0.3, 0.4) is 0 Å². The maximum absolute atomic E-state index is 12.5. The highest BCUT2D eigenvalue weighted by molar-refractivity contribution is 5.96. The predicted molar refractivity (Wildman–Crippen MR) is 120 cm³/mol. The molecule has 1 aliphatic rings. The van der Waals surface area contributed by atoms with Crippen LogP contribution in [0.25, 0.3) is 0 Å². The van der Waals surface area contributed by atoms with Crippen LogP contribution < -0.4 is 16.4 Å². The van der Waals surface area contributed by atoms with Crippen molar-refractivity contribution in [1.82, 2.24) is 20.5 Å². The van der Waals surface area contributed by atoms with Crippen molar-refractivity contribution in [2.24, 2.45) is 5.73 Å². The number of carbonyl (C=O) groups is 2. The van der Waals surface area contributed by atoms with Crippen LogP contribution in [0.1, 0.15) is 60.4 Å². The zero-order chi connectivity index (χ0) is 22.1. The molecule has 1 aliphatic heterocycles. The second-order valence-corrected chi connectivity index (χ2v) is 7.55. The van der Waals surface area contributed by atoms with Crippen LogP contribution in [0, 0.1) is 0 Å². The number of nitrogens with two attached hydrogens (primary N) is 1. The second kappa shape index (κ2) is 11.3. The van der Waals surface area contributed by atoms with Crippen LogP contribution >= 0.6 is 0 Å². The van der Waals surface area contributed by atoms with Gasteiger partial charge in [-0.2, -0.15) is 0 Å². The van der Waals surface area contributed by atoms with Gasteiger partial charge >= 0.3 is 0 Å². The molecule has 2 unspecified atom stereocenters. The lowest BCUT2D eigenvalue weighted by atomic mass is 9.97. The summed E-state index contributed by atoms with van der Waals surface area (Å²) >= 11 is 0. The summed E-state index contributed by atoms with van der Waals surface area (Å²) in [5.41, 5.74) is 7.01. The first-order valence-electron chi connectivity index (χ1n) is 10.5. The van der Waals surface area contributed by atoms with Crippen LogP contribution in [-0.2, 0) is 0 Å². The smallest absolute Gasteiger partial charge is 0.274 e. The second-order valence-electron chi connectivity index (χ2n) is 7.55. The normalized spacial score (nSPS) is 17.9. The molecule has 0 saturated carbocycles. The molecule has 2 atom stereocenters. The van der Waals surface area contributed by atoms with E-state index in [0.29, 0.717) is 35.6 Å². The van der Waals surface area contributed by atoms with Crippen molar-refractivity contribution in [3.05, 3.63) is 66.3 Å². The first kappa shape index (κ1) is 23.3. The van der Waals surface area contributed by atoms with Crippen molar-refractivity contribution in [1.29, 1.82) is 0 Å². The Morgan fingerprint density at radius 2 is 2.10 bits per heavy atom. The molecule has 30 heavy (non-hydrogen) atoms. The maximum atomic E-state index is 12.5. The van der Waals surface area contributed by atoms with Gasteiger partial charge in [-0.25, -0.2) is 0 Å². The lowest BCUT2D eigenvalue weighted by Gasteiger charge is -2.45. The van der Waals surface area contributed by atoms with Crippen LogP contribution in [-0.4, -0.2) is 46.9 Å². The molecule has 4 N–H and O–H groups in total. The van der Waals surface area contributed by atoms with E-state index in [2.05, 4.69) is 47.5 Å². The molecule has 2 heterocycles. The Kier molecular flexibility index (Phi) is 8.80. The topological polar surface area (TPSA) is 100 Å². The monoisotopic (exact) mass is 411 g/mol. The number of carbonyl (C=O) groups excluding carboxylic acids is 2. The molecule has 0 radical (unpaired) electrons. The van der Waals surface area contributed by atoms with Crippen LogP contribution in [0.15, 0.2) is 55.0 Å². The molecule has 2 amide bonds. The minimum atomic E-state index is -0.437. The van der Waals surface area contributed by atoms with Gasteiger partial charge in [0.1, 0.15) is 5.69 Å². The quantitative estimate of drug-likeness (QED) is 0.486. The molecule has 0 spiro atoms. The van der Waals surface area contributed by atoms with Gasteiger partial charge in [-0.15, -0.1) is 0 Å². The Morgan fingerprint density at radius 1 is 1.33 bits per heavy atom. The molecule has 1 fully saturated rings. The molecule has 1 aromatic rings. The number of aromatic nitrogens is 1. The highest BCUT2D eigenvalue weighted by atomic mass is 16.2. The number of unbranched alkanes of at least 4 members (excludes halogenated alkanes) is 1. The summed E-state index contributed by atoms with van der Waals surface area (Å²) in [5, 5.41) is 5.61. The van der Waals surface area contributed by atoms with Gasteiger partial charge in [-0.1, -0.05) is 32.9 Å². The number of pyridine rings is 1.